The maximum absolute atomic E-state index is 6.73. The van der Waals surface area contributed by atoms with Crippen molar-refractivity contribution in [3.63, 3.8) is 0 Å². The Morgan fingerprint density at radius 1 is 0.961 bits per heavy atom. The van der Waals surface area contributed by atoms with Crippen LogP contribution in [-0.4, -0.2) is 19.3 Å². The van der Waals surface area contributed by atoms with Crippen LogP contribution in [0, 0.1) is 25.0 Å². The van der Waals surface area contributed by atoms with Gasteiger partial charge in [-0.15, -0.1) is 41.3 Å². The number of fused-ring (bicyclic) bond motifs is 3. The molecule has 0 saturated heterocycles. The first kappa shape index (κ1) is 36.8. The van der Waals surface area contributed by atoms with E-state index in [9.17, 15) is 0 Å². The molecule has 5 nitrogen and oxygen atoms in total. The summed E-state index contributed by atoms with van der Waals surface area (Å²) in [4.78, 5) is 4.82. The molecule has 0 fully saturated rings. The third kappa shape index (κ3) is 6.99. The summed E-state index contributed by atoms with van der Waals surface area (Å²) in [7, 11) is 0. The van der Waals surface area contributed by atoms with Crippen molar-refractivity contribution in [2.24, 2.45) is 5.92 Å². The van der Waals surface area contributed by atoms with Gasteiger partial charge in [0.1, 0.15) is 5.82 Å². The first-order valence-corrected chi connectivity index (χ1v) is 18.4. The average molecular weight is 858 g/mol. The SMILES string of the molecule is CCCc1ccnc(-n2c3[c-]c(Oc4[c-]c(-n5nc(C)c(C6C(C)=CCC[C@@H]6C)c5C(C)C)cc(C(C)(C)C)c4)ccc3c3ccccc32)c1.[Pt+2]. The number of nitrogens with zero attached hydrogens (tertiary/aromatic N) is 4. The number of hydrogen-bond donors (Lipinski definition) is 0. The molecular formula is C45H50N4OPt. The van der Waals surface area contributed by atoms with Crippen LogP contribution >= 0.6 is 0 Å². The van der Waals surface area contributed by atoms with E-state index in [2.05, 4.69) is 144 Å². The molecule has 0 bridgehead atoms. The average Bonchev–Trinajstić information content (AvgIpc) is 3.59. The summed E-state index contributed by atoms with van der Waals surface area (Å²) in [6, 6.07) is 28.6. The number of benzene rings is 3. The number of pyridine rings is 1. The zero-order valence-electron chi connectivity index (χ0n) is 31.5. The molecule has 1 aliphatic carbocycles. The van der Waals surface area contributed by atoms with Gasteiger partial charge < -0.3 is 9.30 Å². The topological polar surface area (TPSA) is 44.9 Å². The number of aryl methyl sites for hydroxylation is 2. The third-order valence-electron chi connectivity index (χ3n) is 10.4. The molecule has 0 spiro atoms. The molecule has 2 atom stereocenters. The van der Waals surface area contributed by atoms with Gasteiger partial charge in [-0.2, -0.15) is 11.2 Å². The second kappa shape index (κ2) is 14.6. The fourth-order valence-corrected chi connectivity index (χ4v) is 7.96. The van der Waals surface area contributed by atoms with Crippen molar-refractivity contribution in [3.05, 3.63) is 119 Å². The zero-order valence-corrected chi connectivity index (χ0v) is 33.8. The monoisotopic (exact) mass is 857 g/mol. The van der Waals surface area contributed by atoms with Crippen molar-refractivity contribution in [3.8, 4) is 23.0 Å². The molecule has 0 saturated carbocycles. The van der Waals surface area contributed by atoms with Crippen molar-refractivity contribution in [1.82, 2.24) is 19.3 Å². The van der Waals surface area contributed by atoms with E-state index in [0.29, 0.717) is 23.3 Å². The van der Waals surface area contributed by atoms with Crippen LogP contribution in [0.5, 0.6) is 11.5 Å². The number of ether oxygens (including phenoxy) is 1. The molecule has 1 unspecified atom stereocenters. The number of para-hydroxylation sites is 1. The van der Waals surface area contributed by atoms with Gasteiger partial charge in [0.05, 0.1) is 5.69 Å². The van der Waals surface area contributed by atoms with Crippen LogP contribution in [0.2, 0.25) is 0 Å². The first-order valence-electron chi connectivity index (χ1n) is 18.4. The molecule has 0 N–H and O–H groups in total. The Labute approximate surface area is 318 Å². The van der Waals surface area contributed by atoms with E-state index in [1.807, 2.05) is 12.3 Å². The minimum absolute atomic E-state index is 0. The molecule has 0 amide bonds. The summed E-state index contributed by atoms with van der Waals surface area (Å²) in [5, 5.41) is 7.52. The van der Waals surface area contributed by atoms with Crippen molar-refractivity contribution in [1.29, 1.82) is 0 Å². The number of hydrogen-bond acceptors (Lipinski definition) is 3. The van der Waals surface area contributed by atoms with Gasteiger partial charge in [0.25, 0.3) is 0 Å². The molecule has 1 aliphatic rings. The molecule has 6 heteroatoms. The van der Waals surface area contributed by atoms with Crippen LogP contribution in [0.3, 0.4) is 0 Å². The van der Waals surface area contributed by atoms with Crippen molar-refractivity contribution in [2.75, 3.05) is 0 Å². The quantitative estimate of drug-likeness (QED) is 0.113. The van der Waals surface area contributed by atoms with Crippen LogP contribution in [0.4, 0.5) is 0 Å². The molecule has 3 heterocycles. The molecule has 7 rings (SSSR count). The van der Waals surface area contributed by atoms with Gasteiger partial charge in [-0.1, -0.05) is 90.3 Å². The summed E-state index contributed by atoms with van der Waals surface area (Å²) in [5.41, 5.74) is 10.5. The maximum atomic E-state index is 6.73. The van der Waals surface area contributed by atoms with E-state index < -0.39 is 0 Å². The van der Waals surface area contributed by atoms with Crippen LogP contribution in [0.15, 0.2) is 78.5 Å². The summed E-state index contributed by atoms with van der Waals surface area (Å²) in [6.07, 6.45) is 8.79. The van der Waals surface area contributed by atoms with E-state index in [4.69, 9.17) is 14.8 Å². The maximum Gasteiger partial charge on any atom is 2.00 e. The zero-order chi connectivity index (χ0) is 35.3. The van der Waals surface area contributed by atoms with Crippen molar-refractivity contribution in [2.45, 2.75) is 105 Å². The van der Waals surface area contributed by atoms with E-state index in [0.717, 1.165) is 52.9 Å². The Hall–Kier alpha value is -3.95. The molecule has 3 aromatic carbocycles. The van der Waals surface area contributed by atoms with Crippen molar-refractivity contribution >= 4 is 21.8 Å². The molecule has 51 heavy (non-hydrogen) atoms. The Balaban J connectivity index is 0.00000448. The fourth-order valence-electron chi connectivity index (χ4n) is 7.96. The Kier molecular flexibility index (Phi) is 10.5. The second-order valence-electron chi connectivity index (χ2n) is 15.6. The van der Waals surface area contributed by atoms with Gasteiger partial charge >= 0.3 is 21.1 Å². The normalized spacial score (nSPS) is 16.5. The van der Waals surface area contributed by atoms with E-state index in [1.165, 1.54) is 39.8 Å². The van der Waals surface area contributed by atoms with Gasteiger partial charge in [-0.3, -0.25) is 4.68 Å². The number of aromatic nitrogens is 4. The molecule has 266 valence electrons. The third-order valence-corrected chi connectivity index (χ3v) is 10.4. The van der Waals surface area contributed by atoms with Gasteiger partial charge in [-0.05, 0) is 85.2 Å². The van der Waals surface area contributed by atoms with Crippen LogP contribution in [0.25, 0.3) is 33.3 Å². The fraction of sp³-hybridized carbons (Fsp3) is 0.378. The van der Waals surface area contributed by atoms with Crippen LogP contribution in [0.1, 0.15) is 115 Å². The Morgan fingerprint density at radius 3 is 2.47 bits per heavy atom. The second-order valence-corrected chi connectivity index (χ2v) is 15.6. The summed E-state index contributed by atoms with van der Waals surface area (Å²) in [6.45, 7) is 20.4. The first-order chi connectivity index (χ1) is 23.9. The van der Waals surface area contributed by atoms with Gasteiger partial charge in [0.15, 0.2) is 0 Å². The van der Waals surface area contributed by atoms with Gasteiger partial charge in [-0.25, -0.2) is 4.98 Å². The summed E-state index contributed by atoms with van der Waals surface area (Å²) in [5.74, 6) is 3.41. The van der Waals surface area contributed by atoms with Crippen LogP contribution < -0.4 is 4.74 Å². The van der Waals surface area contributed by atoms with Crippen LogP contribution in [-0.2, 0) is 32.9 Å². The predicted molar refractivity (Wildman–Crippen MR) is 206 cm³/mol. The van der Waals surface area contributed by atoms with Crippen molar-refractivity contribution < 1.29 is 25.8 Å². The summed E-state index contributed by atoms with van der Waals surface area (Å²) >= 11 is 0. The number of rotatable bonds is 8. The van der Waals surface area contributed by atoms with E-state index in [-0.39, 0.29) is 32.4 Å². The van der Waals surface area contributed by atoms with Gasteiger partial charge in [0, 0.05) is 40.4 Å². The molecule has 0 aliphatic heterocycles. The smallest absolute Gasteiger partial charge is 0.509 e. The molecule has 3 aromatic heterocycles. The Morgan fingerprint density at radius 2 is 1.75 bits per heavy atom. The molecule has 0 radical (unpaired) electrons. The Bertz CT molecular complexity index is 2230. The molecular weight excluding hydrogens is 808 g/mol. The van der Waals surface area contributed by atoms with E-state index >= 15 is 0 Å². The number of allylic oxidation sites excluding steroid dienone is 2. The largest absolute Gasteiger partial charge is 2.00 e. The standard InChI is InChI=1S/C45H50N4O.Pt/c1-10-14-32-21-22-46-41(23-32)48-39-18-12-11-17-37(39)38-20-19-35(27-40(38)48)50-36-25-33(45(7,8)9)24-34(26-36)49-44(28(2)3)43(31(6)47-49)42-29(4)15-13-16-30(42)5;/h11-12,15,17-25,28,30,42H,10,13-14,16H2,1-9H3;/q-2;+2/t30-,42?;/m0./s1. The summed E-state index contributed by atoms with van der Waals surface area (Å²) < 4.78 is 11.1. The minimum Gasteiger partial charge on any atom is -0.509 e. The van der Waals surface area contributed by atoms with E-state index in [1.54, 1.807) is 0 Å². The van der Waals surface area contributed by atoms with Gasteiger partial charge in [0.2, 0.25) is 0 Å². The molecule has 6 aromatic rings. The minimum atomic E-state index is -0.114. The predicted octanol–water partition coefficient (Wildman–Crippen LogP) is 11.9.